The Hall–Kier alpha value is -0.860. The molecular weight excluding hydrogens is 310 g/mol. The van der Waals surface area contributed by atoms with Gasteiger partial charge in [-0.15, -0.1) is 0 Å². The van der Waals surface area contributed by atoms with Crippen molar-refractivity contribution < 1.29 is 9.59 Å². The van der Waals surface area contributed by atoms with Crippen LogP contribution in [0.1, 0.15) is 116 Å². The number of likely N-dealkylation sites (tertiary alicyclic amines) is 1. The first-order valence-corrected chi connectivity index (χ1v) is 11.0. The van der Waals surface area contributed by atoms with Gasteiger partial charge in [-0.25, -0.2) is 0 Å². The van der Waals surface area contributed by atoms with E-state index in [9.17, 15) is 9.59 Å². The maximum atomic E-state index is 11.9. The van der Waals surface area contributed by atoms with E-state index in [4.69, 9.17) is 0 Å². The molecule has 1 heterocycles. The van der Waals surface area contributed by atoms with Gasteiger partial charge >= 0.3 is 0 Å². The van der Waals surface area contributed by atoms with Crippen LogP contribution in [0.5, 0.6) is 0 Å². The lowest BCUT2D eigenvalue weighted by Gasteiger charge is -2.14. The molecule has 1 aliphatic rings. The van der Waals surface area contributed by atoms with E-state index in [1.165, 1.54) is 57.8 Å². The maximum Gasteiger partial charge on any atom is 0.222 e. The quantitative estimate of drug-likeness (QED) is 0.317. The van der Waals surface area contributed by atoms with Crippen molar-refractivity contribution in [2.45, 2.75) is 116 Å². The molecule has 0 aromatic heterocycles. The Morgan fingerprint density at radius 3 is 1.64 bits per heavy atom. The number of ketones is 1. The second-order valence-electron chi connectivity index (χ2n) is 7.77. The highest BCUT2D eigenvalue weighted by Gasteiger charge is 2.17. The predicted octanol–water partition coefficient (Wildman–Crippen LogP) is 6.05. The van der Waals surface area contributed by atoms with Gasteiger partial charge in [0.15, 0.2) is 0 Å². The van der Waals surface area contributed by atoms with Crippen molar-refractivity contribution in [2.75, 3.05) is 13.1 Å². The molecular formula is C22H41NO2. The minimum atomic E-state index is 0.291. The van der Waals surface area contributed by atoms with Gasteiger partial charge in [-0.2, -0.15) is 0 Å². The Balaban J connectivity index is 1.82. The average Bonchev–Trinajstić information content (AvgIpc) is 3.15. The molecule has 0 aromatic rings. The van der Waals surface area contributed by atoms with Gasteiger partial charge in [0.25, 0.3) is 0 Å². The van der Waals surface area contributed by atoms with Gasteiger partial charge in [0.1, 0.15) is 5.78 Å². The normalized spacial score (nSPS) is 14.2. The van der Waals surface area contributed by atoms with Crippen molar-refractivity contribution in [3.8, 4) is 0 Å². The number of hydrogen-bond acceptors (Lipinski definition) is 2. The molecule has 0 atom stereocenters. The van der Waals surface area contributed by atoms with Gasteiger partial charge < -0.3 is 4.90 Å². The van der Waals surface area contributed by atoms with Gasteiger partial charge in [0.05, 0.1) is 0 Å². The van der Waals surface area contributed by atoms with E-state index in [1.54, 1.807) is 0 Å². The van der Waals surface area contributed by atoms with Crippen molar-refractivity contribution >= 4 is 11.7 Å². The van der Waals surface area contributed by atoms with E-state index in [2.05, 4.69) is 6.92 Å². The molecule has 0 aliphatic carbocycles. The Morgan fingerprint density at radius 2 is 1.08 bits per heavy atom. The Bertz CT molecular complexity index is 348. The molecule has 0 saturated carbocycles. The summed E-state index contributed by atoms with van der Waals surface area (Å²) in [5.74, 6) is 0.688. The fourth-order valence-corrected chi connectivity index (χ4v) is 3.66. The highest BCUT2D eigenvalue weighted by atomic mass is 16.2. The summed E-state index contributed by atoms with van der Waals surface area (Å²) >= 11 is 0. The zero-order valence-electron chi connectivity index (χ0n) is 16.7. The second kappa shape index (κ2) is 15.4. The fourth-order valence-electron chi connectivity index (χ4n) is 3.66. The van der Waals surface area contributed by atoms with E-state index >= 15 is 0 Å². The molecule has 0 spiro atoms. The van der Waals surface area contributed by atoms with Gasteiger partial charge in [0, 0.05) is 32.4 Å². The third kappa shape index (κ3) is 12.2. The summed E-state index contributed by atoms with van der Waals surface area (Å²) in [6.07, 6.45) is 19.2. The van der Waals surface area contributed by atoms with Gasteiger partial charge in [0.2, 0.25) is 5.91 Å². The predicted molar refractivity (Wildman–Crippen MR) is 106 cm³/mol. The molecule has 1 fully saturated rings. The number of carbonyl (C=O) groups is 2. The number of Topliss-reactive ketones (excluding diaryl/α,β-unsaturated/α-hetero) is 1. The van der Waals surface area contributed by atoms with Crippen molar-refractivity contribution in [2.24, 2.45) is 0 Å². The summed E-state index contributed by atoms with van der Waals surface area (Å²) in [6, 6.07) is 0. The van der Waals surface area contributed by atoms with E-state index in [-0.39, 0.29) is 0 Å². The molecule has 1 saturated heterocycles. The second-order valence-corrected chi connectivity index (χ2v) is 7.77. The maximum absolute atomic E-state index is 11.9. The minimum absolute atomic E-state index is 0.291. The van der Waals surface area contributed by atoms with Gasteiger partial charge in [-0.3, -0.25) is 9.59 Å². The van der Waals surface area contributed by atoms with Crippen LogP contribution in [0.2, 0.25) is 0 Å². The van der Waals surface area contributed by atoms with Gasteiger partial charge in [-0.1, -0.05) is 64.7 Å². The summed E-state index contributed by atoms with van der Waals surface area (Å²) in [5.41, 5.74) is 0. The SMILES string of the molecule is CCCCCCCCCCCCC(=O)CCCCC(=O)N1CCCC1. The molecule has 1 rings (SSSR count). The molecule has 0 N–H and O–H groups in total. The Labute approximate surface area is 155 Å². The zero-order chi connectivity index (χ0) is 18.2. The Morgan fingerprint density at radius 1 is 0.640 bits per heavy atom. The monoisotopic (exact) mass is 351 g/mol. The lowest BCUT2D eigenvalue weighted by molar-refractivity contribution is -0.130. The zero-order valence-corrected chi connectivity index (χ0v) is 16.7. The molecule has 0 radical (unpaired) electrons. The van der Waals surface area contributed by atoms with Crippen LogP contribution < -0.4 is 0 Å². The number of amides is 1. The fraction of sp³-hybridized carbons (Fsp3) is 0.909. The Kier molecular flexibility index (Phi) is 13.7. The summed E-state index contributed by atoms with van der Waals surface area (Å²) in [6.45, 7) is 4.14. The van der Waals surface area contributed by atoms with Crippen molar-refractivity contribution in [1.29, 1.82) is 0 Å². The molecule has 0 aromatic carbocycles. The number of rotatable bonds is 16. The highest BCUT2D eigenvalue weighted by molar-refractivity contribution is 5.78. The topological polar surface area (TPSA) is 37.4 Å². The third-order valence-corrected chi connectivity index (χ3v) is 5.36. The summed E-state index contributed by atoms with van der Waals surface area (Å²) in [5, 5.41) is 0. The molecule has 1 amide bonds. The van der Waals surface area contributed by atoms with Gasteiger partial charge in [-0.05, 0) is 32.1 Å². The number of unbranched alkanes of at least 4 members (excludes halogenated alkanes) is 10. The molecule has 3 heteroatoms. The van der Waals surface area contributed by atoms with E-state index in [0.717, 1.165) is 51.6 Å². The molecule has 3 nitrogen and oxygen atoms in total. The van der Waals surface area contributed by atoms with Crippen LogP contribution in [0, 0.1) is 0 Å². The van der Waals surface area contributed by atoms with Crippen LogP contribution in [0.15, 0.2) is 0 Å². The summed E-state index contributed by atoms with van der Waals surface area (Å²) in [7, 11) is 0. The highest BCUT2D eigenvalue weighted by Crippen LogP contribution is 2.14. The van der Waals surface area contributed by atoms with Crippen molar-refractivity contribution in [3.63, 3.8) is 0 Å². The van der Waals surface area contributed by atoms with E-state index in [0.29, 0.717) is 24.5 Å². The van der Waals surface area contributed by atoms with Crippen molar-refractivity contribution in [1.82, 2.24) is 4.90 Å². The third-order valence-electron chi connectivity index (χ3n) is 5.36. The van der Waals surface area contributed by atoms with Crippen LogP contribution in [0.25, 0.3) is 0 Å². The van der Waals surface area contributed by atoms with Crippen LogP contribution in [-0.2, 0) is 9.59 Å². The lowest BCUT2D eigenvalue weighted by Crippen LogP contribution is -2.27. The van der Waals surface area contributed by atoms with Crippen LogP contribution in [0.4, 0.5) is 0 Å². The van der Waals surface area contributed by atoms with E-state index in [1.807, 2.05) is 4.90 Å². The number of hydrogen-bond donors (Lipinski definition) is 0. The number of carbonyl (C=O) groups excluding carboxylic acids is 2. The summed E-state index contributed by atoms with van der Waals surface area (Å²) in [4.78, 5) is 25.8. The van der Waals surface area contributed by atoms with E-state index < -0.39 is 0 Å². The largest absolute Gasteiger partial charge is 0.343 e. The molecule has 146 valence electrons. The lowest BCUT2D eigenvalue weighted by atomic mass is 10.0. The van der Waals surface area contributed by atoms with Crippen LogP contribution in [-0.4, -0.2) is 29.7 Å². The minimum Gasteiger partial charge on any atom is -0.343 e. The average molecular weight is 352 g/mol. The molecule has 0 bridgehead atoms. The van der Waals surface area contributed by atoms with Crippen LogP contribution in [0.3, 0.4) is 0 Å². The standard InChI is InChI=1S/C22H41NO2/c1-2-3-4-5-6-7-8-9-10-11-16-21(24)17-12-13-18-22(25)23-19-14-15-20-23/h2-20H2,1H3. The first-order valence-electron chi connectivity index (χ1n) is 11.0. The molecule has 0 unspecified atom stereocenters. The van der Waals surface area contributed by atoms with Crippen LogP contribution >= 0.6 is 0 Å². The summed E-state index contributed by atoms with van der Waals surface area (Å²) < 4.78 is 0. The van der Waals surface area contributed by atoms with Crippen molar-refractivity contribution in [3.05, 3.63) is 0 Å². The molecule has 25 heavy (non-hydrogen) atoms. The molecule has 1 aliphatic heterocycles. The number of nitrogens with zero attached hydrogens (tertiary/aromatic N) is 1. The smallest absolute Gasteiger partial charge is 0.222 e. The first-order chi connectivity index (χ1) is 12.2. The first kappa shape index (κ1) is 22.2.